The van der Waals surface area contributed by atoms with Crippen LogP contribution in [0.3, 0.4) is 0 Å². The molecule has 3 aromatic carbocycles. The molecule has 0 N–H and O–H groups in total. The Morgan fingerprint density at radius 1 is 0.848 bits per heavy atom. The average molecular weight is 443 g/mol. The molecule has 1 atom stereocenters. The third kappa shape index (κ3) is 5.45. The Hall–Kier alpha value is -3.11. The molecule has 0 aromatic heterocycles. The van der Waals surface area contributed by atoms with Crippen molar-refractivity contribution in [1.29, 1.82) is 0 Å². The van der Waals surface area contributed by atoms with E-state index in [0.29, 0.717) is 19.5 Å². The van der Waals surface area contributed by atoms with Gasteiger partial charge in [0.05, 0.1) is 6.04 Å². The number of nitrogens with zero attached hydrogens (tertiary/aromatic N) is 2. The van der Waals surface area contributed by atoms with Crippen LogP contribution < -0.4 is 4.74 Å². The van der Waals surface area contributed by atoms with Crippen LogP contribution in [0.5, 0.6) is 5.75 Å². The predicted octanol–water partition coefficient (Wildman–Crippen LogP) is 5.39. The van der Waals surface area contributed by atoms with Gasteiger partial charge in [0.15, 0.2) is 6.10 Å². The summed E-state index contributed by atoms with van der Waals surface area (Å²) in [6.07, 6.45) is 0.209. The molecule has 3 aromatic rings. The lowest BCUT2D eigenvalue weighted by Crippen LogP contribution is -2.53. The van der Waals surface area contributed by atoms with Gasteiger partial charge in [0, 0.05) is 26.2 Å². The molecule has 1 fully saturated rings. The predicted molar refractivity (Wildman–Crippen MR) is 134 cm³/mol. The summed E-state index contributed by atoms with van der Waals surface area (Å²) in [5.41, 5.74) is 4.84. The second kappa shape index (κ2) is 10.7. The van der Waals surface area contributed by atoms with E-state index in [-0.39, 0.29) is 11.9 Å². The number of carbonyl (C=O) groups excluding carboxylic acids is 1. The molecule has 0 unspecified atom stereocenters. The third-order valence-electron chi connectivity index (χ3n) is 6.47. The van der Waals surface area contributed by atoms with Crippen LogP contribution in [-0.4, -0.2) is 48.0 Å². The van der Waals surface area contributed by atoms with Crippen LogP contribution in [0.25, 0.3) is 0 Å². The number of benzene rings is 3. The summed E-state index contributed by atoms with van der Waals surface area (Å²) in [7, 11) is 0. The number of aryl methyl sites for hydroxylation is 2. The molecular weight excluding hydrogens is 408 g/mol. The second-order valence-electron chi connectivity index (χ2n) is 8.87. The molecule has 172 valence electrons. The summed E-state index contributed by atoms with van der Waals surface area (Å²) >= 11 is 0. The summed E-state index contributed by atoms with van der Waals surface area (Å²) in [6, 6.07) is 27.6. The minimum absolute atomic E-state index is 0.0908. The van der Waals surface area contributed by atoms with Crippen LogP contribution in [0.4, 0.5) is 0 Å². The van der Waals surface area contributed by atoms with E-state index in [1.165, 1.54) is 16.7 Å². The molecule has 0 spiro atoms. The number of carbonyl (C=O) groups is 1. The summed E-state index contributed by atoms with van der Waals surface area (Å²) in [5.74, 6) is 0.890. The molecule has 1 amide bonds. The summed E-state index contributed by atoms with van der Waals surface area (Å²) < 4.78 is 6.17. The van der Waals surface area contributed by atoms with E-state index in [9.17, 15) is 4.79 Å². The van der Waals surface area contributed by atoms with E-state index in [4.69, 9.17) is 4.74 Å². The van der Waals surface area contributed by atoms with Crippen molar-refractivity contribution >= 4 is 5.91 Å². The first-order valence-corrected chi connectivity index (χ1v) is 11.9. The molecule has 0 aliphatic carbocycles. The highest BCUT2D eigenvalue weighted by Gasteiger charge is 2.31. The third-order valence-corrected chi connectivity index (χ3v) is 6.47. The Bertz CT molecular complexity index is 1000. The Morgan fingerprint density at radius 2 is 1.42 bits per heavy atom. The van der Waals surface area contributed by atoms with Crippen molar-refractivity contribution in [1.82, 2.24) is 9.80 Å². The van der Waals surface area contributed by atoms with E-state index >= 15 is 0 Å². The van der Waals surface area contributed by atoms with Gasteiger partial charge in [-0.1, -0.05) is 85.3 Å². The molecule has 1 saturated heterocycles. The molecule has 0 saturated carbocycles. The van der Waals surface area contributed by atoms with Gasteiger partial charge >= 0.3 is 0 Å². The molecule has 4 heteroatoms. The summed E-state index contributed by atoms with van der Waals surface area (Å²) in [5, 5.41) is 0. The highest BCUT2D eigenvalue weighted by Crippen LogP contribution is 2.30. The Kier molecular flexibility index (Phi) is 7.46. The second-order valence-corrected chi connectivity index (χ2v) is 8.87. The zero-order chi connectivity index (χ0) is 23.2. The number of amides is 1. The van der Waals surface area contributed by atoms with E-state index < -0.39 is 6.10 Å². The van der Waals surface area contributed by atoms with Crippen LogP contribution in [0.2, 0.25) is 0 Å². The van der Waals surface area contributed by atoms with Gasteiger partial charge in [-0.3, -0.25) is 9.69 Å². The van der Waals surface area contributed by atoms with Crippen molar-refractivity contribution in [2.24, 2.45) is 0 Å². The van der Waals surface area contributed by atoms with Gasteiger partial charge in [-0.15, -0.1) is 0 Å². The minimum atomic E-state index is -0.447. The van der Waals surface area contributed by atoms with E-state index in [0.717, 1.165) is 24.4 Å². The van der Waals surface area contributed by atoms with Gasteiger partial charge in [-0.25, -0.2) is 0 Å². The standard InChI is InChI=1S/C29H34N2O2/c1-4-26(33-27-16-15-22(2)21-23(27)3)29(32)31-19-17-30(18-20-31)28(24-11-7-5-8-12-24)25-13-9-6-10-14-25/h5-16,21,26,28H,4,17-20H2,1-3H3/t26-/m0/s1. The van der Waals surface area contributed by atoms with E-state index in [1.807, 2.05) is 30.9 Å². The van der Waals surface area contributed by atoms with Gasteiger partial charge in [0.25, 0.3) is 5.91 Å². The zero-order valence-electron chi connectivity index (χ0n) is 19.9. The van der Waals surface area contributed by atoms with Crippen LogP contribution >= 0.6 is 0 Å². The van der Waals surface area contributed by atoms with E-state index in [1.54, 1.807) is 0 Å². The highest BCUT2D eigenvalue weighted by atomic mass is 16.5. The average Bonchev–Trinajstić information content (AvgIpc) is 2.85. The lowest BCUT2D eigenvalue weighted by molar-refractivity contribution is -0.140. The number of ether oxygens (including phenoxy) is 1. The highest BCUT2D eigenvalue weighted by molar-refractivity contribution is 5.81. The van der Waals surface area contributed by atoms with Crippen LogP contribution in [0.1, 0.15) is 41.6 Å². The molecule has 0 radical (unpaired) electrons. The molecule has 1 heterocycles. The molecular formula is C29H34N2O2. The first-order chi connectivity index (χ1) is 16.1. The first-order valence-electron chi connectivity index (χ1n) is 11.9. The Morgan fingerprint density at radius 3 is 1.94 bits per heavy atom. The SMILES string of the molecule is CC[C@H](Oc1ccc(C)cc1C)C(=O)N1CCN(C(c2ccccc2)c2ccccc2)CC1. The Labute approximate surface area is 197 Å². The van der Waals surface area contributed by atoms with E-state index in [2.05, 4.69) is 78.6 Å². The van der Waals surface area contributed by atoms with Gasteiger partial charge in [-0.05, 0) is 43.0 Å². The van der Waals surface area contributed by atoms with Crippen molar-refractivity contribution in [3.05, 3.63) is 101 Å². The largest absolute Gasteiger partial charge is 0.480 e. The topological polar surface area (TPSA) is 32.8 Å². The van der Waals surface area contributed by atoms with Crippen LogP contribution in [-0.2, 0) is 4.79 Å². The lowest BCUT2D eigenvalue weighted by atomic mass is 9.96. The number of rotatable bonds is 7. The molecule has 1 aliphatic heterocycles. The summed E-state index contributed by atoms with van der Waals surface area (Å²) in [4.78, 5) is 17.8. The smallest absolute Gasteiger partial charge is 0.263 e. The quantitative estimate of drug-likeness (QED) is 0.491. The summed E-state index contributed by atoms with van der Waals surface area (Å²) in [6.45, 7) is 9.20. The van der Waals surface area contributed by atoms with Crippen LogP contribution in [0, 0.1) is 13.8 Å². The number of hydrogen-bond donors (Lipinski definition) is 0. The lowest BCUT2D eigenvalue weighted by Gasteiger charge is -2.40. The normalized spacial score (nSPS) is 15.5. The molecule has 0 bridgehead atoms. The van der Waals surface area contributed by atoms with Gasteiger partial charge in [-0.2, -0.15) is 0 Å². The van der Waals surface area contributed by atoms with Crippen LogP contribution in [0.15, 0.2) is 78.9 Å². The molecule has 1 aliphatic rings. The van der Waals surface area contributed by atoms with Crippen molar-refractivity contribution < 1.29 is 9.53 Å². The minimum Gasteiger partial charge on any atom is -0.480 e. The van der Waals surface area contributed by atoms with Gasteiger partial charge < -0.3 is 9.64 Å². The molecule has 4 nitrogen and oxygen atoms in total. The maximum atomic E-state index is 13.3. The van der Waals surface area contributed by atoms with Crippen molar-refractivity contribution in [2.75, 3.05) is 26.2 Å². The fourth-order valence-corrected chi connectivity index (χ4v) is 4.68. The number of piperazine rings is 1. The maximum Gasteiger partial charge on any atom is 0.263 e. The fourth-order valence-electron chi connectivity index (χ4n) is 4.68. The first kappa shape index (κ1) is 23.1. The van der Waals surface area contributed by atoms with Crippen molar-refractivity contribution in [3.63, 3.8) is 0 Å². The van der Waals surface area contributed by atoms with Gasteiger partial charge in [0.2, 0.25) is 0 Å². The maximum absolute atomic E-state index is 13.3. The van der Waals surface area contributed by atoms with Crippen molar-refractivity contribution in [2.45, 2.75) is 39.3 Å². The zero-order valence-corrected chi connectivity index (χ0v) is 19.9. The molecule has 33 heavy (non-hydrogen) atoms. The fraction of sp³-hybridized carbons (Fsp3) is 0.345. The number of hydrogen-bond acceptors (Lipinski definition) is 3. The monoisotopic (exact) mass is 442 g/mol. The molecule has 4 rings (SSSR count). The van der Waals surface area contributed by atoms with Gasteiger partial charge in [0.1, 0.15) is 5.75 Å². The Balaban J connectivity index is 1.44. The van der Waals surface area contributed by atoms with Crippen molar-refractivity contribution in [3.8, 4) is 5.75 Å².